The standard InChI is InChI=1S/C25H27N5O4/c1-3-33-22-11-10-18(14-23(22)34-4-2)12-13-26-24(31)16-29-25(32)21-15-20(28-30(21)17-27-29)19-8-6-5-7-9-19/h5-11,14-15,17H,3-4,12-13,16H2,1-2H3,(H,26,31). The summed E-state index contributed by atoms with van der Waals surface area (Å²) in [5.74, 6) is 1.10. The van der Waals surface area contributed by atoms with Crippen LogP contribution >= 0.6 is 0 Å². The summed E-state index contributed by atoms with van der Waals surface area (Å²) in [6, 6.07) is 17.0. The Bertz CT molecular complexity index is 1330. The summed E-state index contributed by atoms with van der Waals surface area (Å²) < 4.78 is 13.8. The van der Waals surface area contributed by atoms with E-state index >= 15 is 0 Å². The molecule has 34 heavy (non-hydrogen) atoms. The summed E-state index contributed by atoms with van der Waals surface area (Å²) in [7, 11) is 0. The normalized spacial score (nSPS) is 10.9. The Morgan fingerprint density at radius 3 is 2.53 bits per heavy atom. The quantitative estimate of drug-likeness (QED) is 0.390. The first kappa shape index (κ1) is 23.0. The van der Waals surface area contributed by atoms with E-state index in [4.69, 9.17) is 9.47 Å². The average Bonchev–Trinajstić information content (AvgIpc) is 3.29. The van der Waals surface area contributed by atoms with Gasteiger partial charge in [-0.05, 0) is 44.0 Å². The van der Waals surface area contributed by atoms with Crippen LogP contribution in [0.25, 0.3) is 16.8 Å². The van der Waals surface area contributed by atoms with E-state index in [1.807, 2.05) is 62.4 Å². The van der Waals surface area contributed by atoms with Crippen LogP contribution in [0.1, 0.15) is 19.4 Å². The summed E-state index contributed by atoms with van der Waals surface area (Å²) in [6.07, 6.45) is 2.05. The molecule has 0 saturated heterocycles. The van der Waals surface area contributed by atoms with Gasteiger partial charge >= 0.3 is 0 Å². The van der Waals surface area contributed by atoms with Crippen LogP contribution in [-0.2, 0) is 17.8 Å². The average molecular weight is 462 g/mol. The van der Waals surface area contributed by atoms with Crippen LogP contribution in [0.4, 0.5) is 0 Å². The Labute approximate surface area is 196 Å². The van der Waals surface area contributed by atoms with Crippen LogP contribution in [0, 0.1) is 0 Å². The van der Waals surface area contributed by atoms with Crippen LogP contribution in [-0.4, -0.2) is 45.1 Å². The molecule has 1 amide bonds. The van der Waals surface area contributed by atoms with Crippen LogP contribution in [0.5, 0.6) is 11.5 Å². The van der Waals surface area contributed by atoms with Crippen molar-refractivity contribution in [3.8, 4) is 22.8 Å². The molecule has 0 aliphatic heterocycles. The molecule has 0 atom stereocenters. The minimum absolute atomic E-state index is 0.172. The third-order valence-electron chi connectivity index (χ3n) is 5.20. The molecule has 9 heteroatoms. The van der Waals surface area contributed by atoms with E-state index in [1.165, 1.54) is 10.8 Å². The van der Waals surface area contributed by atoms with Gasteiger partial charge in [0.2, 0.25) is 5.91 Å². The second kappa shape index (κ2) is 10.7. The van der Waals surface area contributed by atoms with Crippen molar-refractivity contribution in [2.24, 2.45) is 0 Å². The van der Waals surface area contributed by atoms with Crippen molar-refractivity contribution in [3.05, 3.63) is 76.8 Å². The van der Waals surface area contributed by atoms with Crippen molar-refractivity contribution >= 4 is 11.4 Å². The number of nitrogens with one attached hydrogen (secondary N) is 1. The van der Waals surface area contributed by atoms with Gasteiger partial charge in [-0.2, -0.15) is 10.2 Å². The number of carbonyl (C=O) groups excluding carboxylic acids is 1. The van der Waals surface area contributed by atoms with E-state index < -0.39 is 0 Å². The van der Waals surface area contributed by atoms with E-state index in [-0.39, 0.29) is 18.0 Å². The highest BCUT2D eigenvalue weighted by atomic mass is 16.5. The molecular weight excluding hydrogens is 434 g/mol. The van der Waals surface area contributed by atoms with Gasteiger partial charge in [-0.1, -0.05) is 36.4 Å². The van der Waals surface area contributed by atoms with Gasteiger partial charge < -0.3 is 14.8 Å². The number of hydrogen-bond acceptors (Lipinski definition) is 6. The second-order valence-electron chi connectivity index (χ2n) is 7.57. The lowest BCUT2D eigenvalue weighted by molar-refractivity contribution is -0.121. The Balaban J connectivity index is 1.38. The highest BCUT2D eigenvalue weighted by molar-refractivity contribution is 5.75. The minimum Gasteiger partial charge on any atom is -0.490 e. The van der Waals surface area contributed by atoms with Crippen LogP contribution in [0.15, 0.2) is 65.7 Å². The lowest BCUT2D eigenvalue weighted by Gasteiger charge is -2.12. The predicted octanol–water partition coefficient (Wildman–Crippen LogP) is 2.71. The molecule has 0 aliphatic rings. The number of amides is 1. The monoisotopic (exact) mass is 461 g/mol. The summed E-state index contributed by atoms with van der Waals surface area (Å²) >= 11 is 0. The number of hydrogen-bond donors (Lipinski definition) is 1. The number of fused-ring (bicyclic) bond motifs is 1. The Kier molecular flexibility index (Phi) is 7.22. The van der Waals surface area contributed by atoms with Gasteiger partial charge in [-0.15, -0.1) is 0 Å². The summed E-state index contributed by atoms with van der Waals surface area (Å²) in [5.41, 5.74) is 2.57. The predicted molar refractivity (Wildman–Crippen MR) is 128 cm³/mol. The molecule has 2 heterocycles. The Morgan fingerprint density at radius 1 is 1.00 bits per heavy atom. The first-order chi connectivity index (χ1) is 16.6. The van der Waals surface area contributed by atoms with Gasteiger partial charge in [-0.25, -0.2) is 9.20 Å². The highest BCUT2D eigenvalue weighted by Gasteiger charge is 2.12. The largest absolute Gasteiger partial charge is 0.490 e. The zero-order chi connectivity index (χ0) is 23.9. The number of benzene rings is 2. The minimum atomic E-state index is -0.375. The molecular formula is C25H27N5O4. The summed E-state index contributed by atoms with van der Waals surface area (Å²) in [5, 5.41) is 11.3. The van der Waals surface area contributed by atoms with Gasteiger partial charge in [0.1, 0.15) is 18.4 Å². The third kappa shape index (κ3) is 5.25. The molecule has 2 aromatic carbocycles. The van der Waals surface area contributed by atoms with Crippen LogP contribution in [0.2, 0.25) is 0 Å². The fourth-order valence-electron chi connectivity index (χ4n) is 3.59. The number of nitrogens with zero attached hydrogens (tertiary/aromatic N) is 4. The number of ether oxygens (including phenoxy) is 2. The SMILES string of the molecule is CCOc1ccc(CCNC(=O)Cn2ncn3nc(-c4ccccc4)cc3c2=O)cc1OCC. The molecule has 1 N–H and O–H groups in total. The molecule has 176 valence electrons. The lowest BCUT2D eigenvalue weighted by Crippen LogP contribution is -2.35. The van der Waals surface area contributed by atoms with E-state index in [0.717, 1.165) is 15.8 Å². The van der Waals surface area contributed by atoms with Crippen molar-refractivity contribution in [1.29, 1.82) is 0 Å². The van der Waals surface area contributed by atoms with Crippen molar-refractivity contribution in [1.82, 2.24) is 24.7 Å². The van der Waals surface area contributed by atoms with E-state index in [0.29, 0.717) is 48.9 Å². The third-order valence-corrected chi connectivity index (χ3v) is 5.20. The summed E-state index contributed by atoms with van der Waals surface area (Å²) in [6.45, 7) is 5.18. The van der Waals surface area contributed by atoms with Crippen LogP contribution < -0.4 is 20.3 Å². The zero-order valence-corrected chi connectivity index (χ0v) is 19.2. The first-order valence-electron chi connectivity index (χ1n) is 11.2. The molecule has 4 rings (SSSR count). The van der Waals surface area contributed by atoms with Gasteiger partial charge in [0.15, 0.2) is 11.5 Å². The Morgan fingerprint density at radius 2 is 1.76 bits per heavy atom. The Hall–Kier alpha value is -4.14. The molecule has 4 aromatic rings. The smallest absolute Gasteiger partial charge is 0.293 e. The fourth-order valence-corrected chi connectivity index (χ4v) is 3.59. The zero-order valence-electron chi connectivity index (χ0n) is 19.2. The highest BCUT2D eigenvalue weighted by Crippen LogP contribution is 2.28. The van der Waals surface area contributed by atoms with E-state index in [2.05, 4.69) is 15.5 Å². The molecule has 2 aromatic heterocycles. The molecule has 9 nitrogen and oxygen atoms in total. The van der Waals surface area contributed by atoms with Crippen molar-refractivity contribution in [2.45, 2.75) is 26.8 Å². The van der Waals surface area contributed by atoms with E-state index in [1.54, 1.807) is 6.07 Å². The van der Waals surface area contributed by atoms with Crippen molar-refractivity contribution in [2.75, 3.05) is 19.8 Å². The number of aromatic nitrogens is 4. The number of carbonyl (C=O) groups is 1. The topological polar surface area (TPSA) is 99.8 Å². The van der Waals surface area contributed by atoms with Gasteiger partial charge in [0.25, 0.3) is 5.56 Å². The fraction of sp³-hybridized carbons (Fsp3) is 0.280. The van der Waals surface area contributed by atoms with Crippen LogP contribution in [0.3, 0.4) is 0 Å². The molecule has 0 fully saturated rings. The molecule has 0 unspecified atom stereocenters. The molecule has 0 bridgehead atoms. The number of rotatable bonds is 10. The van der Waals surface area contributed by atoms with Gasteiger partial charge in [-0.3, -0.25) is 9.59 Å². The maximum atomic E-state index is 12.8. The first-order valence-corrected chi connectivity index (χ1v) is 11.2. The van der Waals surface area contributed by atoms with Gasteiger partial charge in [0, 0.05) is 12.1 Å². The van der Waals surface area contributed by atoms with Crippen molar-refractivity contribution in [3.63, 3.8) is 0 Å². The van der Waals surface area contributed by atoms with Crippen molar-refractivity contribution < 1.29 is 14.3 Å². The van der Waals surface area contributed by atoms with E-state index in [9.17, 15) is 9.59 Å². The maximum Gasteiger partial charge on any atom is 0.293 e. The molecule has 0 saturated carbocycles. The lowest BCUT2D eigenvalue weighted by atomic mass is 10.1. The molecule has 0 aliphatic carbocycles. The van der Waals surface area contributed by atoms with Gasteiger partial charge in [0.05, 0.1) is 18.9 Å². The maximum absolute atomic E-state index is 12.8. The summed E-state index contributed by atoms with van der Waals surface area (Å²) in [4.78, 5) is 25.3. The second-order valence-corrected chi connectivity index (χ2v) is 7.57. The molecule has 0 spiro atoms. The molecule has 0 radical (unpaired) electrons.